The summed E-state index contributed by atoms with van der Waals surface area (Å²) < 4.78 is 7.38. The lowest BCUT2D eigenvalue weighted by Gasteiger charge is -2.30. The van der Waals surface area contributed by atoms with E-state index in [1.807, 2.05) is 23.7 Å². The van der Waals surface area contributed by atoms with Crippen molar-refractivity contribution in [1.29, 1.82) is 0 Å². The lowest BCUT2D eigenvalue weighted by atomic mass is 9.85. The molecule has 5 rings (SSSR count). The highest BCUT2D eigenvalue weighted by molar-refractivity contribution is 5.83. The highest BCUT2D eigenvalue weighted by Gasteiger charge is 2.33. The molecule has 9 nitrogen and oxygen atoms in total. The molecule has 0 amide bonds. The number of carboxylic acid groups (broad SMARTS) is 1. The van der Waals surface area contributed by atoms with Gasteiger partial charge in [-0.2, -0.15) is 0 Å². The number of carboxylic acids is 1. The molecule has 1 aromatic carbocycles. The highest BCUT2D eigenvalue weighted by Crippen LogP contribution is 2.40. The van der Waals surface area contributed by atoms with Crippen molar-refractivity contribution in [2.45, 2.75) is 63.6 Å². The first-order valence-electron chi connectivity index (χ1n) is 12.5. The summed E-state index contributed by atoms with van der Waals surface area (Å²) in [4.78, 5) is 21.1. The smallest absolute Gasteiger partial charge is 0.306 e. The summed E-state index contributed by atoms with van der Waals surface area (Å²) in [6, 6.07) is 7.20. The van der Waals surface area contributed by atoms with E-state index < -0.39 is 18.0 Å². The number of phenolic OH excluding ortho intramolecular Hbond substituents is 1. The Balaban J connectivity index is 1.64. The van der Waals surface area contributed by atoms with Crippen LogP contribution in [0.15, 0.2) is 41.1 Å². The van der Waals surface area contributed by atoms with Gasteiger partial charge >= 0.3 is 5.97 Å². The van der Waals surface area contributed by atoms with Crippen LogP contribution in [0.2, 0.25) is 0 Å². The number of aliphatic hydroxyl groups excluding tert-OH is 1. The normalized spacial score (nSPS) is 20.1. The maximum Gasteiger partial charge on any atom is 0.306 e. The zero-order chi connectivity index (χ0) is 25.4. The second kappa shape index (κ2) is 9.91. The molecule has 0 aliphatic heterocycles. The molecule has 4 N–H and O–H groups in total. The number of aromatic nitrogens is 3. The summed E-state index contributed by atoms with van der Waals surface area (Å²) in [5.74, 6) is -0.663. The summed E-state index contributed by atoms with van der Waals surface area (Å²) >= 11 is 0. The van der Waals surface area contributed by atoms with Crippen molar-refractivity contribution in [2.75, 3.05) is 7.05 Å². The number of fused-ring (bicyclic) bond motifs is 2. The third-order valence-electron chi connectivity index (χ3n) is 7.54. The number of benzene rings is 1. The average molecular weight is 493 g/mol. The number of aliphatic hydroxyl groups is 1. The predicted octanol–water partition coefficient (Wildman–Crippen LogP) is 4.32. The quantitative estimate of drug-likeness (QED) is 0.286. The number of hydrogen-bond acceptors (Lipinski definition) is 7. The van der Waals surface area contributed by atoms with Crippen LogP contribution in [-0.4, -0.2) is 48.9 Å². The molecule has 4 atom stereocenters. The third-order valence-corrected chi connectivity index (χ3v) is 7.54. The summed E-state index contributed by atoms with van der Waals surface area (Å²) in [5, 5.41) is 36.0. The van der Waals surface area contributed by atoms with Gasteiger partial charge in [-0.05, 0) is 70.3 Å². The topological polar surface area (TPSA) is 134 Å². The van der Waals surface area contributed by atoms with Crippen LogP contribution in [0.25, 0.3) is 22.0 Å². The number of pyridine rings is 1. The Morgan fingerprint density at radius 2 is 2.14 bits per heavy atom. The minimum Gasteiger partial charge on any atom is -0.508 e. The molecule has 1 aliphatic rings. The van der Waals surface area contributed by atoms with Gasteiger partial charge in [0.05, 0.1) is 35.1 Å². The number of furan rings is 1. The van der Waals surface area contributed by atoms with Crippen LogP contribution in [0.3, 0.4) is 0 Å². The number of rotatable bonds is 8. The summed E-state index contributed by atoms with van der Waals surface area (Å²) in [6.07, 6.45) is 6.11. The van der Waals surface area contributed by atoms with E-state index >= 15 is 0 Å². The van der Waals surface area contributed by atoms with Gasteiger partial charge in [0.1, 0.15) is 11.6 Å². The fraction of sp³-hybridized carbons (Fsp3) is 0.444. The van der Waals surface area contributed by atoms with Crippen LogP contribution in [-0.2, 0) is 11.2 Å². The van der Waals surface area contributed by atoms with Gasteiger partial charge in [-0.3, -0.25) is 9.78 Å². The molecule has 0 spiro atoms. The molecule has 1 saturated carbocycles. The number of aliphatic carboxylic acids is 1. The Labute approximate surface area is 208 Å². The Kier molecular flexibility index (Phi) is 6.68. The second-order valence-electron chi connectivity index (χ2n) is 9.83. The molecule has 0 bridgehead atoms. The minimum absolute atomic E-state index is 0.138. The largest absolute Gasteiger partial charge is 0.508 e. The van der Waals surface area contributed by atoms with E-state index in [1.54, 1.807) is 24.6 Å². The van der Waals surface area contributed by atoms with Gasteiger partial charge < -0.3 is 29.6 Å². The molecule has 0 saturated heterocycles. The van der Waals surface area contributed by atoms with Gasteiger partial charge in [0, 0.05) is 23.0 Å². The van der Waals surface area contributed by atoms with Gasteiger partial charge in [-0.25, -0.2) is 4.98 Å². The Hall–Kier alpha value is -3.43. The monoisotopic (exact) mass is 492 g/mol. The molecule has 1 aliphatic carbocycles. The van der Waals surface area contributed by atoms with Gasteiger partial charge in [-0.15, -0.1) is 0 Å². The molecule has 9 heteroatoms. The molecule has 0 radical (unpaired) electrons. The average Bonchev–Trinajstić information content (AvgIpc) is 3.51. The van der Waals surface area contributed by atoms with Crippen molar-refractivity contribution >= 4 is 28.0 Å². The van der Waals surface area contributed by atoms with Crippen molar-refractivity contribution in [3.63, 3.8) is 0 Å². The molecule has 36 heavy (non-hydrogen) atoms. The van der Waals surface area contributed by atoms with Gasteiger partial charge in [-0.1, -0.05) is 6.42 Å². The number of phenols is 1. The molecular formula is C27H32N4O5. The predicted molar refractivity (Wildman–Crippen MR) is 135 cm³/mol. The van der Waals surface area contributed by atoms with Crippen LogP contribution in [0, 0.1) is 5.92 Å². The molecule has 3 heterocycles. The number of aromatic hydroxyl groups is 1. The van der Waals surface area contributed by atoms with Crippen molar-refractivity contribution in [3.8, 4) is 5.75 Å². The molecule has 1 fully saturated rings. The van der Waals surface area contributed by atoms with Crippen LogP contribution >= 0.6 is 0 Å². The zero-order valence-electron chi connectivity index (χ0n) is 20.5. The van der Waals surface area contributed by atoms with E-state index in [9.17, 15) is 20.1 Å². The SMILES string of the molecule is CNC(C)CCc1c(O)ccc2c1nc(C(O)c1cc3ccoc3cn1)n2C1CCCC(C(=O)O)C1. The van der Waals surface area contributed by atoms with Crippen LogP contribution < -0.4 is 5.32 Å². The third kappa shape index (κ3) is 4.44. The maximum atomic E-state index is 11.8. The number of hydrogen-bond donors (Lipinski definition) is 4. The van der Waals surface area contributed by atoms with E-state index in [1.165, 1.54) is 0 Å². The van der Waals surface area contributed by atoms with E-state index in [0.717, 1.165) is 35.7 Å². The highest BCUT2D eigenvalue weighted by atomic mass is 16.4. The molecule has 3 aromatic heterocycles. The minimum atomic E-state index is -1.13. The number of carbonyl (C=O) groups is 1. The Morgan fingerprint density at radius 1 is 1.31 bits per heavy atom. The molecule has 190 valence electrons. The van der Waals surface area contributed by atoms with E-state index in [2.05, 4.69) is 17.2 Å². The fourth-order valence-electron chi connectivity index (χ4n) is 5.34. The maximum absolute atomic E-state index is 11.8. The first-order valence-corrected chi connectivity index (χ1v) is 12.5. The second-order valence-corrected chi connectivity index (χ2v) is 9.83. The van der Waals surface area contributed by atoms with Crippen molar-refractivity contribution in [3.05, 3.63) is 53.8 Å². The van der Waals surface area contributed by atoms with Crippen molar-refractivity contribution in [2.24, 2.45) is 5.92 Å². The molecule has 4 unspecified atom stereocenters. The van der Waals surface area contributed by atoms with Crippen molar-refractivity contribution in [1.82, 2.24) is 19.9 Å². The van der Waals surface area contributed by atoms with Crippen LogP contribution in [0.5, 0.6) is 5.75 Å². The summed E-state index contributed by atoms with van der Waals surface area (Å²) in [7, 11) is 1.90. The number of nitrogens with zero attached hydrogens (tertiary/aromatic N) is 3. The summed E-state index contributed by atoms with van der Waals surface area (Å²) in [6.45, 7) is 2.08. The van der Waals surface area contributed by atoms with Gasteiger partial charge in [0.15, 0.2) is 11.7 Å². The molecular weight excluding hydrogens is 460 g/mol. The van der Waals surface area contributed by atoms with Crippen LogP contribution in [0.4, 0.5) is 0 Å². The van der Waals surface area contributed by atoms with E-state index in [0.29, 0.717) is 41.9 Å². The first-order chi connectivity index (χ1) is 17.4. The fourth-order valence-corrected chi connectivity index (χ4v) is 5.34. The number of aryl methyl sites for hydroxylation is 1. The van der Waals surface area contributed by atoms with Crippen molar-refractivity contribution < 1.29 is 24.5 Å². The Bertz CT molecular complexity index is 1390. The van der Waals surface area contributed by atoms with Gasteiger partial charge in [0.25, 0.3) is 0 Å². The van der Waals surface area contributed by atoms with Crippen LogP contribution in [0.1, 0.15) is 68.3 Å². The lowest BCUT2D eigenvalue weighted by Crippen LogP contribution is -2.26. The van der Waals surface area contributed by atoms with E-state index in [4.69, 9.17) is 9.40 Å². The van der Waals surface area contributed by atoms with Gasteiger partial charge in [0.2, 0.25) is 0 Å². The molecule has 4 aromatic rings. The Morgan fingerprint density at radius 3 is 2.92 bits per heavy atom. The zero-order valence-corrected chi connectivity index (χ0v) is 20.5. The number of nitrogens with one attached hydrogen (secondary N) is 1. The lowest BCUT2D eigenvalue weighted by molar-refractivity contribution is -0.143. The number of imidazole rings is 1. The standard InChI is InChI=1S/C27H32N4O5/c1-15(28-2)6-7-19-22(32)9-8-21-24(19)30-26(31(21)18-5-3-4-17(12-18)27(34)35)25(33)20-13-16-10-11-36-23(16)14-29-20/h8-11,13-15,17-18,25,28,32-33H,3-7,12H2,1-2H3,(H,34,35). The first kappa shape index (κ1) is 24.3. The summed E-state index contributed by atoms with van der Waals surface area (Å²) in [5.41, 5.74) is 3.21. The van der Waals surface area contributed by atoms with E-state index in [-0.39, 0.29) is 17.8 Å².